The molecule has 30 heavy (non-hydrogen) atoms. The van der Waals surface area contributed by atoms with Gasteiger partial charge in [-0.1, -0.05) is 130 Å². The minimum Gasteiger partial charge on any atom is -0.0665 e. The highest BCUT2D eigenvalue weighted by Crippen LogP contribution is 2.49. The fraction of sp³-hybridized carbons (Fsp3) is 0. The lowest BCUT2D eigenvalue weighted by molar-refractivity contribution is 1.58. The predicted molar refractivity (Wildman–Crippen MR) is 131 cm³/mol. The minimum absolute atomic E-state index is 1.21. The summed E-state index contributed by atoms with van der Waals surface area (Å²) in [4.78, 5) is 0. The van der Waals surface area contributed by atoms with E-state index in [0.29, 0.717) is 0 Å². The van der Waals surface area contributed by atoms with Crippen molar-refractivity contribution < 1.29 is 0 Å². The molecule has 1 heteroatoms. The first-order valence-corrected chi connectivity index (χ1v) is 11.1. The van der Waals surface area contributed by atoms with Crippen molar-refractivity contribution in [1.29, 1.82) is 0 Å². The van der Waals surface area contributed by atoms with E-state index in [1.54, 1.807) is 0 Å². The molecule has 0 atom stereocenters. The van der Waals surface area contributed by atoms with Crippen LogP contribution in [-0.2, 0) is 0 Å². The van der Waals surface area contributed by atoms with Crippen LogP contribution in [0.15, 0.2) is 127 Å². The van der Waals surface area contributed by atoms with Crippen molar-refractivity contribution >= 4 is 8.19 Å². The van der Waals surface area contributed by atoms with E-state index in [-0.39, 0.29) is 0 Å². The van der Waals surface area contributed by atoms with Gasteiger partial charge >= 0.3 is 0 Å². The van der Waals surface area contributed by atoms with Crippen molar-refractivity contribution in [3.05, 3.63) is 127 Å². The second-order valence-electron chi connectivity index (χ2n) is 7.23. The van der Waals surface area contributed by atoms with Crippen LogP contribution in [0.2, 0.25) is 0 Å². The van der Waals surface area contributed by atoms with E-state index in [0.717, 1.165) is 0 Å². The van der Waals surface area contributed by atoms with Gasteiger partial charge in [-0.05, 0) is 39.2 Å². The highest BCUT2D eigenvalue weighted by atomic mass is 31.0. The minimum atomic E-state index is 1.21. The van der Waals surface area contributed by atoms with Crippen molar-refractivity contribution in [3.63, 3.8) is 0 Å². The average Bonchev–Trinajstić information content (AvgIpc) is 2.85. The van der Waals surface area contributed by atoms with Crippen LogP contribution in [0.5, 0.6) is 0 Å². The molecular formula is C29H21P. The lowest BCUT2D eigenvalue weighted by Crippen LogP contribution is -1.92. The van der Waals surface area contributed by atoms with Crippen LogP contribution >= 0.6 is 8.19 Å². The largest absolute Gasteiger partial charge is 0.0665 e. The first-order valence-electron chi connectivity index (χ1n) is 10.2. The highest BCUT2D eigenvalue weighted by molar-refractivity contribution is 7.33. The zero-order chi connectivity index (χ0) is 20.2. The molecule has 0 aliphatic heterocycles. The van der Waals surface area contributed by atoms with Crippen molar-refractivity contribution in [2.24, 2.45) is 0 Å². The van der Waals surface area contributed by atoms with Crippen LogP contribution in [0.3, 0.4) is 0 Å². The standard InChI is InChI=1S/C29H21P/c1-5-13-22(14-6-1)26-21-30-29(25-19-11-4-12-20-25)28(24-17-9-3-10-18-24)27(26)23-15-7-2-8-16-23/h1-21H. The molecule has 0 N–H and O–H groups in total. The molecule has 0 aliphatic rings. The maximum Gasteiger partial charge on any atom is 0.0175 e. The Balaban J connectivity index is 1.91. The van der Waals surface area contributed by atoms with E-state index in [9.17, 15) is 0 Å². The van der Waals surface area contributed by atoms with Crippen molar-refractivity contribution in [2.75, 3.05) is 0 Å². The molecule has 0 amide bonds. The summed E-state index contributed by atoms with van der Waals surface area (Å²) in [6, 6.07) is 43.1. The Morgan fingerprint density at radius 2 is 0.767 bits per heavy atom. The molecule has 0 aliphatic carbocycles. The summed E-state index contributed by atoms with van der Waals surface area (Å²) in [6.07, 6.45) is 0. The van der Waals surface area contributed by atoms with Gasteiger partial charge in [0.05, 0.1) is 0 Å². The molecule has 0 saturated heterocycles. The summed E-state index contributed by atoms with van der Waals surface area (Å²) in [5, 5.41) is 1.35. The normalized spacial score (nSPS) is 10.9. The SMILES string of the molecule is c1ccc(-c2cpc(-c3ccccc3)c(-c3ccccc3)c2-c2ccccc2)cc1. The molecule has 0 fully saturated rings. The molecule has 1 aromatic heterocycles. The smallest absolute Gasteiger partial charge is 0.0175 e. The Labute approximate surface area is 179 Å². The van der Waals surface area contributed by atoms with Crippen molar-refractivity contribution in [3.8, 4) is 44.2 Å². The molecule has 0 bridgehead atoms. The molecule has 4 aromatic carbocycles. The lowest BCUT2D eigenvalue weighted by atomic mass is 9.88. The molecule has 0 nitrogen and oxygen atoms in total. The Bertz CT molecular complexity index is 1140. The van der Waals surface area contributed by atoms with Crippen LogP contribution in [-0.4, -0.2) is 0 Å². The molecule has 142 valence electrons. The fourth-order valence-corrected chi connectivity index (χ4v) is 5.16. The summed E-state index contributed by atoms with van der Waals surface area (Å²) in [5.74, 6) is 2.37. The van der Waals surface area contributed by atoms with Gasteiger partial charge in [0, 0.05) is 10.9 Å². The fourth-order valence-electron chi connectivity index (χ4n) is 3.95. The molecule has 5 rings (SSSR count). The predicted octanol–water partition coefficient (Wildman–Crippen LogP) is 8.93. The van der Waals surface area contributed by atoms with Gasteiger partial charge in [0.1, 0.15) is 0 Å². The number of rotatable bonds is 4. The van der Waals surface area contributed by atoms with Gasteiger partial charge in [-0.2, -0.15) is 0 Å². The summed E-state index contributed by atoms with van der Waals surface area (Å²) in [7, 11) is 1.21. The monoisotopic (exact) mass is 400 g/mol. The van der Waals surface area contributed by atoms with Gasteiger partial charge in [0.25, 0.3) is 0 Å². The quantitative estimate of drug-likeness (QED) is 0.282. The topological polar surface area (TPSA) is 0 Å². The van der Waals surface area contributed by atoms with Gasteiger partial charge in [-0.25, -0.2) is 0 Å². The van der Waals surface area contributed by atoms with E-state index in [1.807, 2.05) is 0 Å². The van der Waals surface area contributed by atoms with Gasteiger partial charge in [0.2, 0.25) is 0 Å². The molecule has 0 saturated carbocycles. The number of benzene rings is 4. The van der Waals surface area contributed by atoms with E-state index >= 15 is 0 Å². The third-order valence-electron chi connectivity index (χ3n) is 5.34. The molecule has 0 radical (unpaired) electrons. The lowest BCUT2D eigenvalue weighted by Gasteiger charge is -2.20. The molecule has 5 aromatic rings. The first kappa shape index (κ1) is 18.6. The van der Waals surface area contributed by atoms with Gasteiger partial charge in [0.15, 0.2) is 0 Å². The molecule has 0 unspecified atom stereocenters. The Kier molecular flexibility index (Phi) is 5.25. The first-order chi connectivity index (χ1) is 14.9. The van der Waals surface area contributed by atoms with Crippen molar-refractivity contribution in [2.45, 2.75) is 0 Å². The van der Waals surface area contributed by atoms with E-state index < -0.39 is 0 Å². The summed E-state index contributed by atoms with van der Waals surface area (Å²) in [5.41, 5.74) is 8.93. The summed E-state index contributed by atoms with van der Waals surface area (Å²) >= 11 is 0. The maximum absolute atomic E-state index is 2.37. The second kappa shape index (κ2) is 8.49. The van der Waals surface area contributed by atoms with Gasteiger partial charge < -0.3 is 0 Å². The zero-order valence-electron chi connectivity index (χ0n) is 16.6. The number of hydrogen-bond acceptors (Lipinski definition) is 0. The average molecular weight is 400 g/mol. The van der Waals surface area contributed by atoms with E-state index in [4.69, 9.17) is 0 Å². The second-order valence-corrected chi connectivity index (χ2v) is 8.20. The van der Waals surface area contributed by atoms with E-state index in [1.165, 1.54) is 52.4 Å². The summed E-state index contributed by atoms with van der Waals surface area (Å²) in [6.45, 7) is 0. The Morgan fingerprint density at radius 1 is 0.367 bits per heavy atom. The summed E-state index contributed by atoms with van der Waals surface area (Å²) < 4.78 is 0. The van der Waals surface area contributed by atoms with Crippen LogP contribution in [0, 0.1) is 0 Å². The van der Waals surface area contributed by atoms with Gasteiger partial charge in [-0.3, -0.25) is 0 Å². The van der Waals surface area contributed by atoms with Crippen LogP contribution in [0.4, 0.5) is 0 Å². The maximum atomic E-state index is 2.37. The Morgan fingerprint density at radius 3 is 1.27 bits per heavy atom. The molecular weight excluding hydrogens is 379 g/mol. The van der Waals surface area contributed by atoms with Crippen LogP contribution < -0.4 is 0 Å². The Hall–Kier alpha value is -3.47. The molecule has 0 spiro atoms. The third kappa shape index (κ3) is 3.59. The van der Waals surface area contributed by atoms with Crippen LogP contribution in [0.1, 0.15) is 0 Å². The van der Waals surface area contributed by atoms with Crippen LogP contribution in [0.25, 0.3) is 44.2 Å². The third-order valence-corrected chi connectivity index (χ3v) is 6.46. The number of hydrogen-bond donors (Lipinski definition) is 0. The van der Waals surface area contributed by atoms with E-state index in [2.05, 4.69) is 127 Å². The zero-order valence-corrected chi connectivity index (χ0v) is 17.5. The molecule has 1 heterocycles. The van der Waals surface area contributed by atoms with Crippen molar-refractivity contribution in [1.82, 2.24) is 0 Å². The highest BCUT2D eigenvalue weighted by Gasteiger charge is 2.19. The van der Waals surface area contributed by atoms with Gasteiger partial charge in [-0.15, -0.1) is 0 Å².